The van der Waals surface area contributed by atoms with Crippen molar-refractivity contribution in [3.63, 3.8) is 0 Å². The monoisotopic (exact) mass is 1670 g/mol. The van der Waals surface area contributed by atoms with E-state index in [4.69, 9.17) is 13.3 Å². The highest BCUT2D eigenvalue weighted by Crippen LogP contribution is 2.51. The molecule has 25 aromatic rings. The number of hydrogen-bond donors (Lipinski definition) is 0. The molecular formula is C102H58Br3N3O3S2. The fraction of sp³-hybridized carbons (Fsp3) is 0. The van der Waals surface area contributed by atoms with Gasteiger partial charge < -0.3 is 27.0 Å². The SMILES string of the molecule is Brc1ccc(-c2cc3c4ccccc4n(-c4ccc5c(c4)oc4ccccc45)c3c3c2oc2ccccc23)cc1.Brc1ccc(-c2cc3c4ccccc4n(-c4ccc5c(c4)sc4ccccc45)c3c3c2oc2ccccc23)cc1.Brc1cccc(-c2cc3c4ccccc4n(-c4ccccc4)c3c3c2sc2ccccc23)c1. The molecule has 0 saturated heterocycles. The molecule has 0 aliphatic carbocycles. The first-order valence-electron chi connectivity index (χ1n) is 37.6. The second-order valence-corrected chi connectivity index (χ2v) is 33.7. The summed E-state index contributed by atoms with van der Waals surface area (Å²) in [4.78, 5) is 0. The van der Waals surface area contributed by atoms with Crippen molar-refractivity contribution in [1.82, 2.24) is 13.7 Å². The predicted molar refractivity (Wildman–Crippen MR) is 489 cm³/mol. The van der Waals surface area contributed by atoms with Crippen molar-refractivity contribution < 1.29 is 13.3 Å². The lowest BCUT2D eigenvalue weighted by molar-refractivity contribution is 0.668. The molecule has 25 rings (SSSR count). The molecule has 8 aromatic heterocycles. The van der Waals surface area contributed by atoms with Gasteiger partial charge in [-0.1, -0.05) is 254 Å². The third-order valence-electron chi connectivity index (χ3n) is 22.5. The zero-order valence-electron chi connectivity index (χ0n) is 60.0. The van der Waals surface area contributed by atoms with Crippen molar-refractivity contribution in [2.75, 3.05) is 0 Å². The molecule has 17 aromatic carbocycles. The Morgan fingerprint density at radius 2 is 0.637 bits per heavy atom. The summed E-state index contributed by atoms with van der Waals surface area (Å²) in [5.41, 5.74) is 22.9. The van der Waals surface area contributed by atoms with Gasteiger partial charge in [-0.2, -0.15) is 0 Å². The largest absolute Gasteiger partial charge is 0.456 e. The third-order valence-corrected chi connectivity index (χ3v) is 26.4. The van der Waals surface area contributed by atoms with Crippen molar-refractivity contribution in [2.24, 2.45) is 0 Å². The molecule has 113 heavy (non-hydrogen) atoms. The smallest absolute Gasteiger partial charge is 0.145 e. The highest BCUT2D eigenvalue weighted by Gasteiger charge is 2.27. The Labute approximate surface area is 678 Å². The number of rotatable bonds is 6. The van der Waals surface area contributed by atoms with E-state index in [9.17, 15) is 0 Å². The van der Waals surface area contributed by atoms with Crippen LogP contribution in [0.3, 0.4) is 0 Å². The van der Waals surface area contributed by atoms with Crippen LogP contribution in [0.1, 0.15) is 0 Å². The number of hydrogen-bond acceptors (Lipinski definition) is 5. The molecule has 0 unspecified atom stereocenters. The highest BCUT2D eigenvalue weighted by atomic mass is 79.9. The molecule has 0 aliphatic rings. The van der Waals surface area contributed by atoms with E-state index in [-0.39, 0.29) is 0 Å². The van der Waals surface area contributed by atoms with Crippen molar-refractivity contribution in [3.8, 4) is 50.4 Å². The Balaban J connectivity index is 0.000000101. The average Bonchev–Trinajstić information content (AvgIpc) is 1.56. The maximum Gasteiger partial charge on any atom is 0.145 e. The number of benzene rings is 17. The summed E-state index contributed by atoms with van der Waals surface area (Å²) in [5, 5.41) is 19.5. The van der Waals surface area contributed by atoms with E-state index in [0.717, 1.165) is 124 Å². The molecule has 0 spiro atoms. The van der Waals surface area contributed by atoms with E-state index in [1.807, 2.05) is 46.9 Å². The lowest BCUT2D eigenvalue weighted by Gasteiger charge is -2.11. The second kappa shape index (κ2) is 26.3. The van der Waals surface area contributed by atoms with Gasteiger partial charge in [0.05, 0.1) is 43.9 Å². The van der Waals surface area contributed by atoms with Crippen molar-refractivity contribution in [1.29, 1.82) is 0 Å². The molecule has 0 bridgehead atoms. The molecule has 6 nitrogen and oxygen atoms in total. The van der Waals surface area contributed by atoms with E-state index < -0.39 is 0 Å². The maximum absolute atomic E-state index is 6.65. The summed E-state index contributed by atoms with van der Waals surface area (Å²) in [6, 6.07) is 125. The number of para-hydroxylation sites is 7. The van der Waals surface area contributed by atoms with Gasteiger partial charge in [-0.15, -0.1) is 22.7 Å². The van der Waals surface area contributed by atoms with Crippen LogP contribution in [0.25, 0.3) is 222 Å². The molecule has 0 fully saturated rings. The molecule has 0 N–H and O–H groups in total. The van der Waals surface area contributed by atoms with E-state index in [1.165, 1.54) is 112 Å². The number of halogens is 3. The van der Waals surface area contributed by atoms with Gasteiger partial charge in [0.2, 0.25) is 0 Å². The first-order valence-corrected chi connectivity index (χ1v) is 41.6. The van der Waals surface area contributed by atoms with Crippen LogP contribution in [0.4, 0.5) is 0 Å². The van der Waals surface area contributed by atoms with Crippen LogP contribution in [-0.4, -0.2) is 13.7 Å². The molecule has 0 radical (unpaired) electrons. The zero-order valence-corrected chi connectivity index (χ0v) is 66.4. The number of furan rings is 3. The molecule has 0 saturated carbocycles. The summed E-state index contributed by atoms with van der Waals surface area (Å²) >= 11 is 14.6. The summed E-state index contributed by atoms with van der Waals surface area (Å²) < 4.78 is 35.3. The second-order valence-electron chi connectivity index (χ2n) is 28.8. The first-order chi connectivity index (χ1) is 55.8. The normalized spacial score (nSPS) is 12.0. The zero-order chi connectivity index (χ0) is 74.7. The van der Waals surface area contributed by atoms with E-state index in [0.29, 0.717) is 0 Å². The molecule has 11 heteroatoms. The van der Waals surface area contributed by atoms with Crippen LogP contribution >= 0.6 is 70.5 Å². The Kier molecular flexibility index (Phi) is 15.4. The highest BCUT2D eigenvalue weighted by molar-refractivity contribution is 9.11. The summed E-state index contributed by atoms with van der Waals surface area (Å²) in [6.45, 7) is 0. The van der Waals surface area contributed by atoms with Crippen LogP contribution in [0.2, 0.25) is 0 Å². The van der Waals surface area contributed by atoms with E-state index in [2.05, 4.69) is 389 Å². The number of fused-ring (bicyclic) bond motifs is 27. The van der Waals surface area contributed by atoms with Gasteiger partial charge in [-0.3, -0.25) is 0 Å². The van der Waals surface area contributed by atoms with Gasteiger partial charge in [-0.25, -0.2) is 0 Å². The fourth-order valence-corrected chi connectivity index (χ4v) is 21.0. The Morgan fingerprint density at radius 3 is 1.19 bits per heavy atom. The van der Waals surface area contributed by atoms with Crippen molar-refractivity contribution >= 4 is 242 Å². The molecular weight excluding hydrogens is 1620 g/mol. The average molecular weight is 1680 g/mol. The minimum atomic E-state index is 0.879. The first kappa shape index (κ1) is 66.2. The Hall–Kier alpha value is -12.6. The van der Waals surface area contributed by atoms with E-state index in [1.54, 1.807) is 0 Å². The van der Waals surface area contributed by atoms with Crippen molar-refractivity contribution in [3.05, 3.63) is 365 Å². The summed E-state index contributed by atoms with van der Waals surface area (Å²) in [6.07, 6.45) is 0. The van der Waals surface area contributed by atoms with Crippen LogP contribution in [0.15, 0.2) is 379 Å². The van der Waals surface area contributed by atoms with Gasteiger partial charge in [0.25, 0.3) is 0 Å². The maximum atomic E-state index is 6.65. The minimum absolute atomic E-state index is 0.879. The number of thiophene rings is 2. The predicted octanol–water partition coefficient (Wildman–Crippen LogP) is 32.1. The summed E-state index contributed by atoms with van der Waals surface area (Å²) in [5.74, 6) is 0. The van der Waals surface area contributed by atoms with Crippen LogP contribution in [0.5, 0.6) is 0 Å². The topological polar surface area (TPSA) is 54.2 Å². The number of aromatic nitrogens is 3. The van der Waals surface area contributed by atoms with Crippen LogP contribution < -0.4 is 0 Å². The van der Waals surface area contributed by atoms with Gasteiger partial charge in [0, 0.05) is 147 Å². The lowest BCUT2D eigenvalue weighted by atomic mass is 9.98. The third kappa shape index (κ3) is 10.5. The fourth-order valence-electron chi connectivity index (χ4n) is 17.7. The van der Waals surface area contributed by atoms with Gasteiger partial charge >= 0.3 is 0 Å². The summed E-state index contributed by atoms with van der Waals surface area (Å²) in [7, 11) is 0. The Morgan fingerprint density at radius 1 is 0.221 bits per heavy atom. The van der Waals surface area contributed by atoms with Crippen LogP contribution in [-0.2, 0) is 0 Å². The van der Waals surface area contributed by atoms with Gasteiger partial charge in [0.1, 0.15) is 33.5 Å². The molecule has 0 atom stereocenters. The molecule has 532 valence electrons. The van der Waals surface area contributed by atoms with Crippen LogP contribution in [0, 0.1) is 0 Å². The lowest BCUT2D eigenvalue weighted by Crippen LogP contribution is -1.94. The standard InChI is InChI=1S/C36H20BrNO2.C36H20BrNOS.C30H18BrNS/c37-22-15-13-21(14-16-22)28-20-29-24-7-1-4-10-30(24)38(35(29)34-27-9-3-6-12-32(27)40-36(28)34)23-17-18-26-25-8-2-5-11-31(25)39-33(26)19-23;37-22-15-13-21(14-16-22)28-20-29-24-7-1-4-10-30(24)38(35(29)34-27-9-2-5-11-31(27)39-36(28)34)23-17-18-26-25-8-3-6-12-32(25)40-33(26)19-23;31-20-10-8-9-19(17-20)24-18-25-22-13-4-6-15-26(22)32(21-11-2-1-3-12-21)29(25)28-23-14-5-7-16-27(23)33-30(24)28/h2*1-20H;1-18H. The number of nitrogens with zero attached hydrogens (tertiary/aromatic N) is 3. The molecule has 0 aliphatic heterocycles. The molecule has 8 heterocycles. The van der Waals surface area contributed by atoms with Gasteiger partial charge in [-0.05, 0) is 156 Å². The van der Waals surface area contributed by atoms with E-state index >= 15 is 0 Å². The molecule has 0 amide bonds. The Bertz CT molecular complexity index is 7890. The van der Waals surface area contributed by atoms with Crippen molar-refractivity contribution in [2.45, 2.75) is 0 Å². The quantitative estimate of drug-likeness (QED) is 0.167. The minimum Gasteiger partial charge on any atom is -0.456 e. The van der Waals surface area contributed by atoms with Gasteiger partial charge in [0.15, 0.2) is 0 Å².